The maximum absolute atomic E-state index is 12.3. The molecule has 0 aliphatic carbocycles. The van der Waals surface area contributed by atoms with Crippen molar-refractivity contribution < 1.29 is 19.0 Å². The average molecular weight is 373 g/mol. The third-order valence-corrected chi connectivity index (χ3v) is 4.26. The number of carbonyl (C=O) groups excluding carboxylic acids is 1. The molecule has 0 bridgehead atoms. The Morgan fingerprint density at radius 1 is 1.11 bits per heavy atom. The van der Waals surface area contributed by atoms with Crippen LogP contribution in [0, 0.1) is 0 Å². The van der Waals surface area contributed by atoms with E-state index in [1.54, 1.807) is 4.90 Å². The number of amides is 1. The van der Waals surface area contributed by atoms with Gasteiger partial charge in [-0.15, -0.1) is 0 Å². The molecule has 1 aliphatic heterocycles. The lowest BCUT2D eigenvalue weighted by atomic mass is 10.1. The number of aromatic nitrogens is 2. The Labute approximate surface area is 159 Å². The van der Waals surface area contributed by atoms with E-state index in [2.05, 4.69) is 9.97 Å². The van der Waals surface area contributed by atoms with E-state index in [0.717, 1.165) is 32.4 Å². The minimum atomic E-state index is -0.352. The highest BCUT2D eigenvalue weighted by atomic mass is 16.6. The monoisotopic (exact) mass is 373 g/mol. The van der Waals surface area contributed by atoms with E-state index >= 15 is 0 Å². The summed E-state index contributed by atoms with van der Waals surface area (Å²) in [6.45, 7) is 8.44. The number of benzene rings is 1. The smallest absolute Gasteiger partial charge is 0.416 e. The van der Waals surface area contributed by atoms with Gasteiger partial charge in [-0.1, -0.05) is 0 Å². The number of carbonyl (C=O) groups is 1. The number of ether oxygens (including phenoxy) is 3. The Hall–Kier alpha value is -2.41. The molecule has 0 saturated carbocycles. The molecule has 0 unspecified atom stereocenters. The summed E-state index contributed by atoms with van der Waals surface area (Å²) < 4.78 is 16.9. The number of piperidine rings is 1. The molecule has 1 saturated heterocycles. The van der Waals surface area contributed by atoms with E-state index < -0.39 is 0 Å². The highest BCUT2D eigenvalue weighted by Gasteiger charge is 2.20. The van der Waals surface area contributed by atoms with Crippen LogP contribution in [0.15, 0.2) is 24.5 Å². The van der Waals surface area contributed by atoms with E-state index in [4.69, 9.17) is 14.2 Å². The van der Waals surface area contributed by atoms with Gasteiger partial charge in [-0.25, -0.2) is 14.8 Å². The van der Waals surface area contributed by atoms with Crippen LogP contribution in [0.3, 0.4) is 0 Å². The molecular weight excluding hydrogens is 346 g/mol. The van der Waals surface area contributed by atoms with Crippen LogP contribution < -0.4 is 9.47 Å². The fourth-order valence-electron chi connectivity index (χ4n) is 2.91. The number of rotatable bonds is 5. The number of likely N-dealkylation sites (tertiary alicyclic amines) is 1. The molecule has 0 N–H and O–H groups in total. The second kappa shape index (κ2) is 8.52. The molecule has 1 fully saturated rings. The largest absolute Gasteiger partial charge is 0.491 e. The maximum atomic E-state index is 12.3. The van der Waals surface area contributed by atoms with Crippen molar-refractivity contribution >= 4 is 17.0 Å². The Balaban J connectivity index is 1.65. The maximum Gasteiger partial charge on any atom is 0.416 e. The molecule has 7 nitrogen and oxygen atoms in total. The van der Waals surface area contributed by atoms with Gasteiger partial charge in [-0.3, -0.25) is 0 Å². The van der Waals surface area contributed by atoms with Crippen LogP contribution in [0.5, 0.6) is 11.6 Å². The fraction of sp³-hybridized carbons (Fsp3) is 0.550. The zero-order chi connectivity index (χ0) is 19.3. The molecule has 27 heavy (non-hydrogen) atoms. The van der Waals surface area contributed by atoms with Gasteiger partial charge in [0, 0.05) is 19.2 Å². The summed E-state index contributed by atoms with van der Waals surface area (Å²) in [5.74, 6) is 0.963. The second-order valence-corrected chi connectivity index (χ2v) is 7.58. The molecule has 1 aromatic carbocycles. The minimum absolute atomic E-state index is 0.187. The van der Waals surface area contributed by atoms with Gasteiger partial charge in [0.1, 0.15) is 18.7 Å². The fourth-order valence-corrected chi connectivity index (χ4v) is 2.91. The molecule has 2 aromatic rings. The van der Waals surface area contributed by atoms with Gasteiger partial charge in [0.05, 0.1) is 23.1 Å². The summed E-state index contributed by atoms with van der Waals surface area (Å²) >= 11 is 0. The average Bonchev–Trinajstić information content (AvgIpc) is 2.65. The first kappa shape index (κ1) is 19.4. The van der Waals surface area contributed by atoms with Crippen LogP contribution in [-0.4, -0.2) is 52.9 Å². The van der Waals surface area contributed by atoms with Crippen molar-refractivity contribution in [1.29, 1.82) is 0 Å². The van der Waals surface area contributed by atoms with E-state index in [-0.39, 0.29) is 17.6 Å². The van der Waals surface area contributed by atoms with Crippen LogP contribution in [0.4, 0.5) is 4.79 Å². The molecule has 1 amide bonds. The van der Waals surface area contributed by atoms with Gasteiger partial charge in [-0.2, -0.15) is 0 Å². The molecule has 1 aromatic heterocycles. The standard InChI is InChI=1S/C20H27N3O4/c1-20(2,3)26-12-11-25-15-7-8-16-17(13-15)21-14-22-18(16)27-19(24)23-9-5-4-6-10-23/h7-8,13-14H,4-6,9-12H2,1-3H3. The number of fused-ring (bicyclic) bond motifs is 1. The van der Waals surface area contributed by atoms with Crippen LogP contribution in [0.1, 0.15) is 40.0 Å². The third kappa shape index (κ3) is 5.53. The summed E-state index contributed by atoms with van der Waals surface area (Å²) in [5, 5.41) is 0.682. The Morgan fingerprint density at radius 2 is 1.89 bits per heavy atom. The van der Waals surface area contributed by atoms with Crippen molar-refractivity contribution in [3.05, 3.63) is 24.5 Å². The third-order valence-electron chi connectivity index (χ3n) is 4.26. The van der Waals surface area contributed by atoms with Crippen molar-refractivity contribution in [3.8, 4) is 11.6 Å². The molecule has 146 valence electrons. The van der Waals surface area contributed by atoms with Crippen LogP contribution in [0.25, 0.3) is 10.9 Å². The highest BCUT2D eigenvalue weighted by Crippen LogP contribution is 2.26. The van der Waals surface area contributed by atoms with Crippen molar-refractivity contribution in [1.82, 2.24) is 14.9 Å². The Kier molecular flexibility index (Phi) is 6.11. The molecule has 0 radical (unpaired) electrons. The molecule has 1 aliphatic rings. The first-order valence-electron chi connectivity index (χ1n) is 9.41. The zero-order valence-corrected chi connectivity index (χ0v) is 16.2. The molecular formula is C20H27N3O4. The van der Waals surface area contributed by atoms with E-state index in [1.165, 1.54) is 6.33 Å². The molecule has 2 heterocycles. The number of hydrogen-bond acceptors (Lipinski definition) is 6. The van der Waals surface area contributed by atoms with Crippen LogP contribution >= 0.6 is 0 Å². The summed E-state index contributed by atoms with van der Waals surface area (Å²) in [6.07, 6.45) is 4.23. The van der Waals surface area contributed by atoms with Crippen molar-refractivity contribution in [3.63, 3.8) is 0 Å². The highest BCUT2D eigenvalue weighted by molar-refractivity contribution is 5.86. The second-order valence-electron chi connectivity index (χ2n) is 7.58. The van der Waals surface area contributed by atoms with Crippen molar-refractivity contribution in [2.45, 2.75) is 45.6 Å². The molecule has 0 atom stereocenters. The first-order valence-corrected chi connectivity index (χ1v) is 9.41. The summed E-state index contributed by atoms with van der Waals surface area (Å²) in [5.41, 5.74) is 0.480. The van der Waals surface area contributed by atoms with Crippen LogP contribution in [-0.2, 0) is 4.74 Å². The van der Waals surface area contributed by atoms with E-state index in [9.17, 15) is 4.79 Å². The summed E-state index contributed by atoms with van der Waals surface area (Å²) in [4.78, 5) is 22.5. The van der Waals surface area contributed by atoms with Gasteiger partial charge in [-0.05, 0) is 52.2 Å². The van der Waals surface area contributed by atoms with E-state index in [0.29, 0.717) is 29.9 Å². The summed E-state index contributed by atoms with van der Waals surface area (Å²) in [7, 11) is 0. The lowest BCUT2D eigenvalue weighted by Crippen LogP contribution is -2.37. The Bertz CT molecular complexity index is 782. The van der Waals surface area contributed by atoms with Gasteiger partial charge < -0.3 is 19.1 Å². The summed E-state index contributed by atoms with van der Waals surface area (Å²) in [6, 6.07) is 5.45. The first-order chi connectivity index (χ1) is 12.9. The normalized spacial score (nSPS) is 15.0. The molecule has 3 rings (SSSR count). The SMILES string of the molecule is CC(C)(C)OCCOc1ccc2c(OC(=O)N3CCCCC3)ncnc2c1. The van der Waals surface area contributed by atoms with E-state index in [1.807, 2.05) is 39.0 Å². The topological polar surface area (TPSA) is 73.8 Å². The van der Waals surface area contributed by atoms with Crippen molar-refractivity contribution in [2.24, 2.45) is 0 Å². The quantitative estimate of drug-likeness (QED) is 0.742. The predicted octanol–water partition coefficient (Wildman–Crippen LogP) is 3.81. The molecule has 0 spiro atoms. The zero-order valence-electron chi connectivity index (χ0n) is 16.2. The predicted molar refractivity (Wildman–Crippen MR) is 102 cm³/mol. The van der Waals surface area contributed by atoms with Gasteiger partial charge in [0.15, 0.2) is 0 Å². The minimum Gasteiger partial charge on any atom is -0.491 e. The lowest BCUT2D eigenvalue weighted by molar-refractivity contribution is -0.0162. The van der Waals surface area contributed by atoms with Crippen molar-refractivity contribution in [2.75, 3.05) is 26.3 Å². The molecule has 7 heteroatoms. The number of hydrogen-bond donors (Lipinski definition) is 0. The van der Waals surface area contributed by atoms with Gasteiger partial charge in [0.2, 0.25) is 5.88 Å². The van der Waals surface area contributed by atoms with Crippen LogP contribution in [0.2, 0.25) is 0 Å². The van der Waals surface area contributed by atoms with Gasteiger partial charge in [0.25, 0.3) is 0 Å². The Morgan fingerprint density at radius 3 is 2.63 bits per heavy atom. The number of nitrogens with zero attached hydrogens (tertiary/aromatic N) is 3. The van der Waals surface area contributed by atoms with Gasteiger partial charge >= 0.3 is 6.09 Å². The lowest BCUT2D eigenvalue weighted by Gasteiger charge is -2.25.